The lowest BCUT2D eigenvalue weighted by atomic mass is 9.70. The molecule has 20 heavy (non-hydrogen) atoms. The van der Waals surface area contributed by atoms with Crippen LogP contribution in [-0.4, -0.2) is 12.6 Å². The van der Waals surface area contributed by atoms with E-state index >= 15 is 0 Å². The molecule has 2 fully saturated rings. The Balaban J connectivity index is 1.89. The molecule has 0 amide bonds. The molecule has 2 rings (SSSR count). The molecule has 118 valence electrons. The van der Waals surface area contributed by atoms with Crippen LogP contribution in [0.2, 0.25) is 0 Å². The van der Waals surface area contributed by atoms with Crippen LogP contribution >= 0.6 is 0 Å². The third-order valence-electron chi connectivity index (χ3n) is 5.66. The summed E-state index contributed by atoms with van der Waals surface area (Å²) in [5.74, 6) is 1.73. The molecule has 2 atom stereocenters. The molecule has 2 saturated carbocycles. The van der Waals surface area contributed by atoms with E-state index in [-0.39, 0.29) is 0 Å². The fourth-order valence-electron chi connectivity index (χ4n) is 5.31. The van der Waals surface area contributed by atoms with Gasteiger partial charge in [-0.25, -0.2) is 0 Å². The minimum atomic E-state index is 0.538. The molecular weight excluding hydrogens is 242 g/mol. The highest BCUT2D eigenvalue weighted by atomic mass is 14.9. The molecule has 1 N–H and O–H groups in total. The molecule has 2 unspecified atom stereocenters. The van der Waals surface area contributed by atoms with E-state index in [9.17, 15) is 0 Å². The zero-order valence-corrected chi connectivity index (χ0v) is 14.6. The summed E-state index contributed by atoms with van der Waals surface area (Å²) < 4.78 is 0. The molecule has 0 heterocycles. The Kier molecular flexibility index (Phi) is 5.21. The summed E-state index contributed by atoms with van der Waals surface area (Å²) in [4.78, 5) is 0. The van der Waals surface area contributed by atoms with Crippen LogP contribution in [0.3, 0.4) is 0 Å². The van der Waals surface area contributed by atoms with Gasteiger partial charge < -0.3 is 5.32 Å². The molecule has 2 aliphatic carbocycles. The monoisotopic (exact) mass is 279 g/mol. The Morgan fingerprint density at radius 3 is 2.30 bits per heavy atom. The molecule has 1 nitrogen and oxygen atoms in total. The van der Waals surface area contributed by atoms with Crippen molar-refractivity contribution in [1.82, 2.24) is 5.32 Å². The van der Waals surface area contributed by atoms with E-state index in [0.717, 1.165) is 17.9 Å². The largest absolute Gasteiger partial charge is 0.313 e. The number of hydrogen-bond acceptors (Lipinski definition) is 1. The number of nitrogens with one attached hydrogen (secondary N) is 1. The van der Waals surface area contributed by atoms with Crippen LogP contribution in [0.15, 0.2) is 0 Å². The van der Waals surface area contributed by atoms with Crippen molar-refractivity contribution in [2.45, 2.75) is 92.0 Å². The first-order chi connectivity index (χ1) is 9.30. The van der Waals surface area contributed by atoms with E-state index < -0.39 is 0 Å². The van der Waals surface area contributed by atoms with E-state index in [2.05, 4.69) is 39.9 Å². The van der Waals surface area contributed by atoms with Gasteiger partial charge >= 0.3 is 0 Å². The highest BCUT2D eigenvalue weighted by Gasteiger charge is 2.37. The average Bonchev–Trinajstić information content (AvgIpc) is 2.72. The number of hydrogen-bond donors (Lipinski definition) is 1. The Morgan fingerprint density at radius 1 is 1.10 bits per heavy atom. The summed E-state index contributed by atoms with van der Waals surface area (Å²) in [5, 5.41) is 4.00. The summed E-state index contributed by atoms with van der Waals surface area (Å²) in [5.41, 5.74) is 1.16. The minimum Gasteiger partial charge on any atom is -0.313 e. The second-order valence-electron chi connectivity index (χ2n) is 9.30. The van der Waals surface area contributed by atoms with Gasteiger partial charge in [-0.2, -0.15) is 0 Å². The zero-order chi connectivity index (χ0) is 14.8. The van der Waals surface area contributed by atoms with Crippen LogP contribution in [-0.2, 0) is 0 Å². The molecule has 1 heteroatoms. The molecule has 0 aromatic carbocycles. The molecule has 0 aliphatic heterocycles. The summed E-state index contributed by atoms with van der Waals surface area (Å²) in [7, 11) is 0. The summed E-state index contributed by atoms with van der Waals surface area (Å²) >= 11 is 0. The van der Waals surface area contributed by atoms with Crippen LogP contribution in [0.4, 0.5) is 0 Å². The molecule has 0 saturated heterocycles. The molecule has 0 bridgehead atoms. The fourth-order valence-corrected chi connectivity index (χ4v) is 5.31. The summed E-state index contributed by atoms with van der Waals surface area (Å²) in [6, 6.07) is 0.762. The number of rotatable bonds is 5. The maximum atomic E-state index is 4.00. The van der Waals surface area contributed by atoms with Crippen molar-refractivity contribution in [3.63, 3.8) is 0 Å². The SMILES string of the molecule is CC(C)CC1(CNC2CC(C)CC(C)(C)C2)CCCC1. The molecule has 0 spiro atoms. The average molecular weight is 280 g/mol. The van der Waals surface area contributed by atoms with Crippen LogP contribution < -0.4 is 5.32 Å². The van der Waals surface area contributed by atoms with Gasteiger partial charge in [0.2, 0.25) is 0 Å². The van der Waals surface area contributed by atoms with Gasteiger partial charge in [0.15, 0.2) is 0 Å². The molecule has 2 aliphatic rings. The highest BCUT2D eigenvalue weighted by Crippen LogP contribution is 2.44. The Bertz CT molecular complexity index is 299. The van der Waals surface area contributed by atoms with Gasteiger partial charge in [0, 0.05) is 12.6 Å². The van der Waals surface area contributed by atoms with Crippen molar-refractivity contribution in [3.8, 4) is 0 Å². The van der Waals surface area contributed by atoms with E-state index in [1.165, 1.54) is 57.9 Å². The zero-order valence-electron chi connectivity index (χ0n) is 14.6. The first kappa shape index (κ1) is 16.3. The second-order valence-corrected chi connectivity index (χ2v) is 9.30. The highest BCUT2D eigenvalue weighted by molar-refractivity contribution is 4.91. The van der Waals surface area contributed by atoms with Crippen molar-refractivity contribution >= 4 is 0 Å². The van der Waals surface area contributed by atoms with Crippen molar-refractivity contribution in [1.29, 1.82) is 0 Å². The fraction of sp³-hybridized carbons (Fsp3) is 1.00. The van der Waals surface area contributed by atoms with Gasteiger partial charge in [0.1, 0.15) is 0 Å². The molecule has 0 radical (unpaired) electrons. The van der Waals surface area contributed by atoms with Crippen molar-refractivity contribution in [2.24, 2.45) is 22.7 Å². The van der Waals surface area contributed by atoms with E-state index in [1.54, 1.807) is 0 Å². The predicted molar refractivity (Wildman–Crippen MR) is 88.9 cm³/mol. The van der Waals surface area contributed by atoms with Crippen LogP contribution in [0, 0.1) is 22.7 Å². The van der Waals surface area contributed by atoms with Gasteiger partial charge in [0.25, 0.3) is 0 Å². The smallest absolute Gasteiger partial charge is 0.00749 e. The molecular formula is C19H37N. The van der Waals surface area contributed by atoms with Gasteiger partial charge in [-0.3, -0.25) is 0 Å². The first-order valence-corrected chi connectivity index (χ1v) is 9.04. The predicted octanol–water partition coefficient (Wildman–Crippen LogP) is 5.40. The van der Waals surface area contributed by atoms with E-state index in [4.69, 9.17) is 0 Å². The van der Waals surface area contributed by atoms with Crippen LogP contribution in [0.25, 0.3) is 0 Å². The van der Waals surface area contributed by atoms with Gasteiger partial charge in [-0.1, -0.05) is 47.5 Å². The van der Waals surface area contributed by atoms with Gasteiger partial charge in [-0.05, 0) is 61.2 Å². The van der Waals surface area contributed by atoms with Crippen LogP contribution in [0.5, 0.6) is 0 Å². The second kappa shape index (κ2) is 6.38. The quantitative estimate of drug-likeness (QED) is 0.710. The lowest BCUT2D eigenvalue weighted by molar-refractivity contribution is 0.133. The van der Waals surface area contributed by atoms with Crippen molar-refractivity contribution in [2.75, 3.05) is 6.54 Å². The van der Waals surface area contributed by atoms with E-state index in [1.807, 2.05) is 0 Å². The van der Waals surface area contributed by atoms with Crippen molar-refractivity contribution < 1.29 is 0 Å². The maximum absolute atomic E-state index is 4.00. The maximum Gasteiger partial charge on any atom is 0.00749 e. The Hall–Kier alpha value is -0.0400. The third kappa shape index (κ3) is 4.48. The van der Waals surface area contributed by atoms with Crippen LogP contribution in [0.1, 0.15) is 86.0 Å². The first-order valence-electron chi connectivity index (χ1n) is 9.04. The summed E-state index contributed by atoms with van der Waals surface area (Å²) in [6.07, 6.45) is 11.4. The third-order valence-corrected chi connectivity index (χ3v) is 5.66. The summed E-state index contributed by atoms with van der Waals surface area (Å²) in [6.45, 7) is 13.4. The topological polar surface area (TPSA) is 12.0 Å². The molecule has 0 aromatic heterocycles. The van der Waals surface area contributed by atoms with Gasteiger partial charge in [0.05, 0.1) is 0 Å². The van der Waals surface area contributed by atoms with Crippen molar-refractivity contribution in [3.05, 3.63) is 0 Å². The van der Waals surface area contributed by atoms with E-state index in [0.29, 0.717) is 10.8 Å². The lowest BCUT2D eigenvalue weighted by Crippen LogP contribution is -2.44. The Labute approximate surface area is 127 Å². The Morgan fingerprint density at radius 2 is 1.75 bits per heavy atom. The minimum absolute atomic E-state index is 0.538. The standard InChI is InChI=1S/C19H37N/c1-15(2)11-19(8-6-7-9-19)14-20-17-10-16(3)12-18(4,5)13-17/h15-17,20H,6-14H2,1-5H3. The normalized spacial score (nSPS) is 32.7. The molecule has 0 aromatic rings. The lowest BCUT2D eigenvalue weighted by Gasteiger charge is -2.41. The van der Waals surface area contributed by atoms with Gasteiger partial charge in [-0.15, -0.1) is 0 Å².